The maximum absolute atomic E-state index is 12.9. The highest BCUT2D eigenvalue weighted by Crippen LogP contribution is 2.17. The molecule has 0 bridgehead atoms. The molecule has 0 heterocycles. The molecule has 2 aromatic rings. The first-order valence-corrected chi connectivity index (χ1v) is 5.57. The predicted octanol–water partition coefficient (Wildman–Crippen LogP) is 2.83. The van der Waals surface area contributed by atoms with Crippen molar-refractivity contribution in [2.24, 2.45) is 5.73 Å². The van der Waals surface area contributed by atoms with Gasteiger partial charge in [-0.15, -0.1) is 0 Å². The maximum atomic E-state index is 12.9. The van der Waals surface area contributed by atoms with E-state index in [0.717, 1.165) is 23.8 Å². The zero-order valence-corrected chi connectivity index (χ0v) is 9.99. The summed E-state index contributed by atoms with van der Waals surface area (Å²) in [7, 11) is 0. The van der Waals surface area contributed by atoms with E-state index in [-0.39, 0.29) is 18.2 Å². The molecule has 98 valence electrons. The van der Waals surface area contributed by atoms with Crippen molar-refractivity contribution in [2.75, 3.05) is 0 Å². The van der Waals surface area contributed by atoms with E-state index in [9.17, 15) is 8.78 Å². The lowest BCUT2D eigenvalue weighted by Crippen LogP contribution is -2.10. The molecule has 19 heavy (non-hydrogen) atoms. The Labute approximate surface area is 109 Å². The fourth-order valence-electron chi connectivity index (χ4n) is 1.56. The van der Waals surface area contributed by atoms with Gasteiger partial charge in [0.2, 0.25) is 0 Å². The molecular weight excluding hydrogens is 250 g/mol. The van der Waals surface area contributed by atoms with Crippen molar-refractivity contribution in [3.63, 3.8) is 0 Å². The molecule has 3 N–H and O–H groups in total. The van der Waals surface area contributed by atoms with E-state index < -0.39 is 11.6 Å². The Bertz CT molecular complexity index is 577. The second kappa shape index (κ2) is 5.48. The summed E-state index contributed by atoms with van der Waals surface area (Å²) in [6, 6.07) is 9.88. The minimum absolute atomic E-state index is 0.0142. The molecule has 0 saturated heterocycles. The van der Waals surface area contributed by atoms with Crippen LogP contribution in [0.2, 0.25) is 0 Å². The topological polar surface area (TPSA) is 59.1 Å². The third-order valence-corrected chi connectivity index (χ3v) is 2.51. The van der Waals surface area contributed by atoms with E-state index in [1.165, 1.54) is 0 Å². The number of nitrogens with one attached hydrogen (secondary N) is 1. The van der Waals surface area contributed by atoms with Gasteiger partial charge in [-0.1, -0.05) is 24.3 Å². The molecular formula is C14H12F2N2O. The van der Waals surface area contributed by atoms with Gasteiger partial charge in [-0.3, -0.25) is 5.41 Å². The van der Waals surface area contributed by atoms with Gasteiger partial charge in [0.1, 0.15) is 29.8 Å². The number of nitrogens with two attached hydrogens (primary N) is 1. The summed E-state index contributed by atoms with van der Waals surface area (Å²) >= 11 is 0. The summed E-state index contributed by atoms with van der Waals surface area (Å²) in [5, 5.41) is 7.25. The Morgan fingerprint density at radius 2 is 1.63 bits per heavy atom. The van der Waals surface area contributed by atoms with E-state index in [2.05, 4.69) is 0 Å². The first-order chi connectivity index (χ1) is 9.04. The molecule has 0 aliphatic carbocycles. The van der Waals surface area contributed by atoms with Crippen LogP contribution in [-0.2, 0) is 6.61 Å². The molecule has 5 heteroatoms. The lowest BCUT2D eigenvalue weighted by molar-refractivity contribution is 0.302. The molecule has 0 aromatic heterocycles. The summed E-state index contributed by atoms with van der Waals surface area (Å²) in [5.74, 6) is -1.24. The highest BCUT2D eigenvalue weighted by atomic mass is 19.1. The van der Waals surface area contributed by atoms with E-state index in [4.69, 9.17) is 15.9 Å². The van der Waals surface area contributed by atoms with Gasteiger partial charge < -0.3 is 10.5 Å². The lowest BCUT2D eigenvalue weighted by Gasteiger charge is -2.07. The Balaban J connectivity index is 2.03. The van der Waals surface area contributed by atoms with Crippen LogP contribution >= 0.6 is 0 Å². The Morgan fingerprint density at radius 3 is 2.16 bits per heavy atom. The predicted molar refractivity (Wildman–Crippen MR) is 68.1 cm³/mol. The summed E-state index contributed by atoms with van der Waals surface area (Å²) in [5.41, 5.74) is 6.76. The third kappa shape index (κ3) is 3.51. The average molecular weight is 262 g/mol. The number of ether oxygens (including phenoxy) is 1. The van der Waals surface area contributed by atoms with Crippen LogP contribution in [0.3, 0.4) is 0 Å². The first kappa shape index (κ1) is 13.0. The van der Waals surface area contributed by atoms with Crippen LogP contribution < -0.4 is 10.5 Å². The average Bonchev–Trinajstić information content (AvgIpc) is 2.36. The number of rotatable bonds is 4. The van der Waals surface area contributed by atoms with Crippen molar-refractivity contribution >= 4 is 5.84 Å². The first-order valence-electron chi connectivity index (χ1n) is 5.57. The van der Waals surface area contributed by atoms with Gasteiger partial charge in [-0.2, -0.15) is 0 Å². The zero-order valence-electron chi connectivity index (χ0n) is 9.99. The quantitative estimate of drug-likeness (QED) is 0.657. The van der Waals surface area contributed by atoms with E-state index in [0.29, 0.717) is 5.56 Å². The molecule has 0 spiro atoms. The standard InChI is InChI=1S/C14H12F2N2O/c15-11-5-12(16)7-13(6-11)19-8-9-1-3-10(4-2-9)14(17)18/h1-7H,8H2,(H3,17,18). The molecule has 0 radical (unpaired) electrons. The van der Waals surface area contributed by atoms with Crippen molar-refractivity contribution in [1.82, 2.24) is 0 Å². The second-order valence-corrected chi connectivity index (χ2v) is 4.00. The molecule has 0 atom stereocenters. The van der Waals surface area contributed by atoms with Crippen molar-refractivity contribution in [3.05, 3.63) is 65.2 Å². The second-order valence-electron chi connectivity index (χ2n) is 4.00. The summed E-state index contributed by atoms with van der Waals surface area (Å²) < 4.78 is 31.2. The molecule has 0 saturated carbocycles. The highest BCUT2D eigenvalue weighted by Gasteiger charge is 2.02. The fraction of sp³-hybridized carbons (Fsp3) is 0.0714. The molecule has 0 fully saturated rings. The van der Waals surface area contributed by atoms with Crippen LogP contribution in [0.4, 0.5) is 8.78 Å². The minimum Gasteiger partial charge on any atom is -0.489 e. The SMILES string of the molecule is N=C(N)c1ccc(COc2cc(F)cc(F)c2)cc1. The Kier molecular flexibility index (Phi) is 3.75. The smallest absolute Gasteiger partial charge is 0.129 e. The number of amidine groups is 1. The van der Waals surface area contributed by atoms with Crippen molar-refractivity contribution in [1.29, 1.82) is 5.41 Å². The minimum atomic E-state index is -0.679. The summed E-state index contributed by atoms with van der Waals surface area (Å²) in [6.07, 6.45) is 0. The summed E-state index contributed by atoms with van der Waals surface area (Å²) in [6.45, 7) is 0.182. The molecule has 0 amide bonds. The summed E-state index contributed by atoms with van der Waals surface area (Å²) in [4.78, 5) is 0. The van der Waals surface area contributed by atoms with Crippen LogP contribution in [0.15, 0.2) is 42.5 Å². The number of hydrogen-bond acceptors (Lipinski definition) is 2. The van der Waals surface area contributed by atoms with Gasteiger partial charge in [0.15, 0.2) is 0 Å². The molecule has 0 aliphatic rings. The van der Waals surface area contributed by atoms with E-state index in [1.807, 2.05) is 0 Å². The largest absolute Gasteiger partial charge is 0.489 e. The third-order valence-electron chi connectivity index (χ3n) is 2.51. The number of hydrogen-bond donors (Lipinski definition) is 2. The molecule has 3 nitrogen and oxygen atoms in total. The van der Waals surface area contributed by atoms with Gasteiger partial charge in [0.05, 0.1) is 0 Å². The van der Waals surface area contributed by atoms with E-state index >= 15 is 0 Å². The number of halogens is 2. The fourth-order valence-corrected chi connectivity index (χ4v) is 1.56. The molecule has 2 aromatic carbocycles. The Hall–Kier alpha value is -2.43. The van der Waals surface area contributed by atoms with E-state index in [1.54, 1.807) is 24.3 Å². The van der Waals surface area contributed by atoms with Gasteiger partial charge in [0, 0.05) is 23.8 Å². The monoisotopic (exact) mass is 262 g/mol. The molecule has 0 unspecified atom stereocenters. The Morgan fingerprint density at radius 1 is 1.05 bits per heavy atom. The maximum Gasteiger partial charge on any atom is 0.129 e. The van der Waals surface area contributed by atoms with Crippen LogP contribution in [-0.4, -0.2) is 5.84 Å². The molecule has 0 aliphatic heterocycles. The van der Waals surface area contributed by atoms with Crippen LogP contribution in [0, 0.1) is 17.0 Å². The number of nitrogen functional groups attached to an aromatic ring is 1. The van der Waals surface area contributed by atoms with Crippen molar-refractivity contribution in [3.8, 4) is 5.75 Å². The highest BCUT2D eigenvalue weighted by molar-refractivity contribution is 5.94. The zero-order chi connectivity index (χ0) is 13.8. The van der Waals surface area contributed by atoms with Gasteiger partial charge >= 0.3 is 0 Å². The van der Waals surface area contributed by atoms with Crippen LogP contribution in [0.25, 0.3) is 0 Å². The van der Waals surface area contributed by atoms with Crippen LogP contribution in [0.5, 0.6) is 5.75 Å². The normalized spacial score (nSPS) is 10.2. The lowest BCUT2D eigenvalue weighted by atomic mass is 10.1. The van der Waals surface area contributed by atoms with Gasteiger partial charge in [-0.05, 0) is 5.56 Å². The van der Waals surface area contributed by atoms with Crippen LogP contribution in [0.1, 0.15) is 11.1 Å². The number of benzene rings is 2. The van der Waals surface area contributed by atoms with Gasteiger partial charge in [0.25, 0.3) is 0 Å². The van der Waals surface area contributed by atoms with Crippen molar-refractivity contribution in [2.45, 2.75) is 6.61 Å². The van der Waals surface area contributed by atoms with Crippen molar-refractivity contribution < 1.29 is 13.5 Å². The molecule has 2 rings (SSSR count). The van der Waals surface area contributed by atoms with Gasteiger partial charge in [-0.25, -0.2) is 8.78 Å².